The fourth-order valence-electron chi connectivity index (χ4n) is 3.89. The third-order valence-electron chi connectivity index (χ3n) is 5.74. The molecule has 0 aromatic heterocycles. The molecule has 0 spiro atoms. The first-order chi connectivity index (χ1) is 16.7. The van der Waals surface area contributed by atoms with Crippen molar-refractivity contribution in [1.29, 1.82) is 0 Å². The van der Waals surface area contributed by atoms with Gasteiger partial charge in [-0.05, 0) is 83.0 Å². The lowest BCUT2D eigenvalue weighted by Gasteiger charge is -2.29. The molecule has 35 heavy (non-hydrogen) atoms. The Bertz CT molecular complexity index is 964. The molecule has 1 aliphatic rings. The highest BCUT2D eigenvalue weighted by atomic mass is 16.6. The van der Waals surface area contributed by atoms with E-state index in [0.717, 1.165) is 57.5 Å². The largest absolute Gasteiger partial charge is 0.444 e. The van der Waals surface area contributed by atoms with Crippen LogP contribution < -0.4 is 16.0 Å². The van der Waals surface area contributed by atoms with Crippen LogP contribution in [0.5, 0.6) is 0 Å². The molecular weight excluding hydrogens is 444 g/mol. The molecule has 190 valence electrons. The van der Waals surface area contributed by atoms with Gasteiger partial charge >= 0.3 is 6.09 Å². The van der Waals surface area contributed by atoms with Gasteiger partial charge in [0.25, 0.3) is 5.91 Å². The van der Waals surface area contributed by atoms with Gasteiger partial charge in [0.1, 0.15) is 5.60 Å². The van der Waals surface area contributed by atoms with Crippen LogP contribution in [0.15, 0.2) is 48.5 Å². The van der Waals surface area contributed by atoms with Crippen LogP contribution >= 0.6 is 0 Å². The Morgan fingerprint density at radius 2 is 1.63 bits per heavy atom. The molecule has 0 unspecified atom stereocenters. The summed E-state index contributed by atoms with van der Waals surface area (Å²) in [5.74, 6) is -0.255. The number of aliphatic hydroxyl groups is 1. The first kappa shape index (κ1) is 26.7. The van der Waals surface area contributed by atoms with Crippen LogP contribution in [0.2, 0.25) is 0 Å². The number of piperidine rings is 1. The topological polar surface area (TPSA) is 103 Å². The second-order valence-electron chi connectivity index (χ2n) is 9.93. The zero-order chi connectivity index (χ0) is 25.3. The van der Waals surface area contributed by atoms with E-state index in [1.54, 1.807) is 57.2 Å². The molecule has 2 aromatic rings. The number of benzene rings is 2. The molecule has 1 heterocycles. The van der Waals surface area contributed by atoms with Gasteiger partial charge in [0.15, 0.2) is 0 Å². The molecule has 1 fully saturated rings. The lowest BCUT2D eigenvalue weighted by atomic mass is 10.1. The van der Waals surface area contributed by atoms with Gasteiger partial charge in [0.2, 0.25) is 0 Å². The molecule has 0 bridgehead atoms. The first-order valence-corrected chi connectivity index (χ1v) is 12.3. The van der Waals surface area contributed by atoms with Crippen LogP contribution in [0.25, 0.3) is 0 Å². The number of hydrogen-bond donors (Lipinski definition) is 4. The van der Waals surface area contributed by atoms with Gasteiger partial charge in [0, 0.05) is 25.2 Å². The van der Waals surface area contributed by atoms with E-state index in [9.17, 15) is 14.7 Å². The third kappa shape index (κ3) is 9.32. The second kappa shape index (κ2) is 12.7. The van der Waals surface area contributed by atoms with Crippen molar-refractivity contribution in [2.45, 2.75) is 58.3 Å². The highest BCUT2D eigenvalue weighted by Crippen LogP contribution is 2.23. The van der Waals surface area contributed by atoms with E-state index in [1.807, 2.05) is 12.1 Å². The number of carbonyl (C=O) groups is 2. The Morgan fingerprint density at radius 1 is 1.00 bits per heavy atom. The summed E-state index contributed by atoms with van der Waals surface area (Å²) in [6, 6.07) is 14.5. The quantitative estimate of drug-likeness (QED) is 0.399. The van der Waals surface area contributed by atoms with Gasteiger partial charge in [-0.25, -0.2) is 4.79 Å². The van der Waals surface area contributed by atoms with Gasteiger partial charge in [-0.2, -0.15) is 0 Å². The fraction of sp³-hybridized carbons (Fsp3) is 0.481. The molecule has 1 aliphatic heterocycles. The number of ether oxygens (including phenoxy) is 1. The smallest absolute Gasteiger partial charge is 0.412 e. The predicted octanol–water partition coefficient (Wildman–Crippen LogP) is 4.22. The normalized spacial score (nSPS) is 15.0. The number of aliphatic hydroxyl groups excluding tert-OH is 1. The molecule has 0 saturated carbocycles. The fourth-order valence-corrected chi connectivity index (χ4v) is 3.89. The summed E-state index contributed by atoms with van der Waals surface area (Å²) in [4.78, 5) is 27.3. The average Bonchev–Trinajstić information content (AvgIpc) is 2.80. The predicted molar refractivity (Wildman–Crippen MR) is 139 cm³/mol. The Hall–Kier alpha value is -2.94. The lowest BCUT2D eigenvalue weighted by Crippen LogP contribution is -2.37. The molecule has 8 heteroatoms. The van der Waals surface area contributed by atoms with Crippen molar-refractivity contribution in [3.8, 4) is 0 Å². The zero-order valence-corrected chi connectivity index (χ0v) is 21.0. The maximum Gasteiger partial charge on any atom is 0.412 e. The van der Waals surface area contributed by atoms with E-state index >= 15 is 0 Å². The summed E-state index contributed by atoms with van der Waals surface area (Å²) in [6.45, 7) is 10.0. The molecule has 8 nitrogen and oxygen atoms in total. The molecule has 1 saturated heterocycles. The van der Waals surface area contributed by atoms with Gasteiger partial charge in [-0.15, -0.1) is 0 Å². The van der Waals surface area contributed by atoms with Gasteiger partial charge < -0.3 is 25.4 Å². The molecule has 3 rings (SSSR count). The molecule has 2 amide bonds. The van der Waals surface area contributed by atoms with Crippen molar-refractivity contribution in [2.75, 3.05) is 36.8 Å². The Morgan fingerprint density at radius 3 is 2.26 bits per heavy atom. The minimum absolute atomic E-state index is 0.127. The Kier molecular flexibility index (Phi) is 9.65. The number of carbonyl (C=O) groups excluding carboxylic acids is 2. The summed E-state index contributed by atoms with van der Waals surface area (Å²) < 4.78 is 5.30. The maximum atomic E-state index is 12.8. The van der Waals surface area contributed by atoms with Crippen molar-refractivity contribution >= 4 is 23.4 Å². The SMILES string of the molecule is CC(C)(C)OC(=O)Nc1ccccc1NC(=O)c1ccc(CNCCCN2CCC(O)CC2)cc1. The maximum absolute atomic E-state index is 12.8. The summed E-state index contributed by atoms with van der Waals surface area (Å²) in [6.07, 6.45) is 2.11. The highest BCUT2D eigenvalue weighted by Gasteiger charge is 2.18. The summed E-state index contributed by atoms with van der Waals surface area (Å²) in [7, 11) is 0. The Balaban J connectivity index is 1.44. The number of nitrogens with one attached hydrogen (secondary N) is 3. The number of hydrogen-bond acceptors (Lipinski definition) is 6. The number of rotatable bonds is 9. The Labute approximate surface area is 208 Å². The van der Waals surface area contributed by atoms with E-state index in [1.165, 1.54) is 0 Å². The highest BCUT2D eigenvalue weighted by molar-refractivity contribution is 6.06. The van der Waals surface area contributed by atoms with Crippen LogP contribution in [-0.2, 0) is 11.3 Å². The minimum atomic E-state index is -0.614. The van der Waals surface area contributed by atoms with E-state index < -0.39 is 11.7 Å². The van der Waals surface area contributed by atoms with Crippen molar-refractivity contribution in [2.24, 2.45) is 0 Å². The van der Waals surface area contributed by atoms with Crippen LogP contribution in [0.4, 0.5) is 16.2 Å². The van der Waals surface area contributed by atoms with Crippen LogP contribution in [0.1, 0.15) is 56.0 Å². The molecule has 2 aromatic carbocycles. The number of anilines is 2. The summed E-state index contributed by atoms with van der Waals surface area (Å²) >= 11 is 0. The number of nitrogens with zero attached hydrogens (tertiary/aromatic N) is 1. The summed E-state index contributed by atoms with van der Waals surface area (Å²) in [5.41, 5.74) is 1.99. The van der Waals surface area contributed by atoms with Crippen molar-refractivity contribution in [3.63, 3.8) is 0 Å². The van der Waals surface area contributed by atoms with Gasteiger partial charge in [0.05, 0.1) is 17.5 Å². The van der Waals surface area contributed by atoms with E-state index in [4.69, 9.17) is 4.74 Å². The van der Waals surface area contributed by atoms with Crippen molar-refractivity contribution < 1.29 is 19.4 Å². The van der Waals surface area contributed by atoms with Crippen molar-refractivity contribution in [1.82, 2.24) is 10.2 Å². The molecule has 4 N–H and O–H groups in total. The number of likely N-dealkylation sites (tertiary alicyclic amines) is 1. The number of amides is 2. The third-order valence-corrected chi connectivity index (χ3v) is 5.74. The zero-order valence-electron chi connectivity index (χ0n) is 21.0. The molecule has 0 aliphatic carbocycles. The van der Waals surface area contributed by atoms with Gasteiger partial charge in [-0.1, -0.05) is 24.3 Å². The van der Waals surface area contributed by atoms with Gasteiger partial charge in [-0.3, -0.25) is 10.1 Å². The van der Waals surface area contributed by atoms with Crippen molar-refractivity contribution in [3.05, 3.63) is 59.7 Å². The molecular formula is C27H38N4O4. The standard InChI is InChI=1S/C27H38N4O4/c1-27(2,3)35-26(34)30-24-8-5-4-7-23(24)29-25(33)21-11-9-20(10-12-21)19-28-15-6-16-31-17-13-22(32)14-18-31/h4-5,7-12,22,28,32H,6,13-19H2,1-3H3,(H,29,33)(H,30,34). The minimum Gasteiger partial charge on any atom is -0.444 e. The molecule has 0 atom stereocenters. The van der Waals surface area contributed by atoms with E-state index in [-0.39, 0.29) is 12.0 Å². The monoisotopic (exact) mass is 482 g/mol. The number of para-hydroxylation sites is 2. The lowest BCUT2D eigenvalue weighted by molar-refractivity contribution is 0.0635. The van der Waals surface area contributed by atoms with E-state index in [2.05, 4.69) is 20.9 Å². The van der Waals surface area contributed by atoms with Crippen LogP contribution in [0, 0.1) is 0 Å². The average molecular weight is 483 g/mol. The van der Waals surface area contributed by atoms with Crippen LogP contribution in [-0.4, -0.2) is 59.9 Å². The molecule has 0 radical (unpaired) electrons. The first-order valence-electron chi connectivity index (χ1n) is 12.3. The van der Waals surface area contributed by atoms with Crippen LogP contribution in [0.3, 0.4) is 0 Å². The second-order valence-corrected chi connectivity index (χ2v) is 9.93. The summed E-state index contributed by atoms with van der Waals surface area (Å²) in [5, 5.41) is 18.6. The van der Waals surface area contributed by atoms with E-state index in [0.29, 0.717) is 16.9 Å².